The van der Waals surface area contributed by atoms with Gasteiger partial charge in [0, 0.05) is 12.1 Å². The summed E-state index contributed by atoms with van der Waals surface area (Å²) in [5.74, 6) is -2.30. The Morgan fingerprint density at radius 1 is 1.32 bits per heavy atom. The van der Waals surface area contributed by atoms with E-state index in [9.17, 15) is 22.8 Å². The predicted molar refractivity (Wildman–Crippen MR) is 59.5 cm³/mol. The molecule has 1 heterocycles. The molecule has 0 radical (unpaired) electrons. The summed E-state index contributed by atoms with van der Waals surface area (Å²) >= 11 is 0. The van der Waals surface area contributed by atoms with Gasteiger partial charge in [0.1, 0.15) is 11.6 Å². The van der Waals surface area contributed by atoms with Gasteiger partial charge in [0.05, 0.1) is 5.57 Å². The van der Waals surface area contributed by atoms with Crippen LogP contribution in [-0.2, 0) is 9.59 Å². The van der Waals surface area contributed by atoms with Crippen molar-refractivity contribution < 1.29 is 22.8 Å². The van der Waals surface area contributed by atoms with E-state index >= 15 is 0 Å². The summed E-state index contributed by atoms with van der Waals surface area (Å²) in [5.41, 5.74) is -3.47. The summed E-state index contributed by atoms with van der Waals surface area (Å²) in [6.45, 7) is 4.84. The van der Waals surface area contributed by atoms with E-state index in [2.05, 4.69) is 6.58 Å². The van der Waals surface area contributed by atoms with Crippen LogP contribution in [0.15, 0.2) is 23.3 Å². The van der Waals surface area contributed by atoms with E-state index in [0.29, 0.717) is 17.7 Å². The minimum absolute atomic E-state index is 0.0243. The minimum atomic E-state index is -4.95. The zero-order chi connectivity index (χ0) is 14.8. The number of amides is 2. The van der Waals surface area contributed by atoms with Gasteiger partial charge in [-0.05, 0) is 6.42 Å². The zero-order valence-corrected chi connectivity index (χ0v) is 10.2. The molecule has 0 unspecified atom stereocenters. The topological polar surface area (TPSA) is 61.2 Å². The molecule has 0 fully saturated rings. The number of alkyl halides is 3. The van der Waals surface area contributed by atoms with Gasteiger partial charge in [-0.2, -0.15) is 18.4 Å². The average molecular weight is 272 g/mol. The molecule has 0 aromatic heterocycles. The Balaban J connectivity index is 3.34. The molecular weight excluding hydrogens is 261 g/mol. The number of rotatable bonds is 3. The summed E-state index contributed by atoms with van der Waals surface area (Å²) in [6.07, 6.45) is -3.85. The lowest BCUT2D eigenvalue weighted by molar-refractivity contribution is -0.143. The SMILES string of the molecule is C=C1C(=O)N(CCCC)C(=O)C(C#N)=C1C(F)(F)F. The maximum atomic E-state index is 12.8. The zero-order valence-electron chi connectivity index (χ0n) is 10.2. The van der Waals surface area contributed by atoms with Crippen LogP contribution in [0.1, 0.15) is 19.8 Å². The third-order valence-corrected chi connectivity index (χ3v) is 2.64. The van der Waals surface area contributed by atoms with Crippen LogP contribution in [0.5, 0.6) is 0 Å². The Bertz CT molecular complexity index is 512. The van der Waals surface area contributed by atoms with Crippen LogP contribution in [0.25, 0.3) is 0 Å². The number of nitriles is 1. The molecule has 4 nitrogen and oxygen atoms in total. The maximum absolute atomic E-state index is 12.8. The smallest absolute Gasteiger partial charge is 0.274 e. The molecule has 102 valence electrons. The molecule has 1 aliphatic heterocycles. The van der Waals surface area contributed by atoms with Crippen molar-refractivity contribution in [2.45, 2.75) is 25.9 Å². The van der Waals surface area contributed by atoms with Crippen LogP contribution >= 0.6 is 0 Å². The highest BCUT2D eigenvalue weighted by molar-refractivity contribution is 6.18. The standard InChI is InChI=1S/C12H11F3N2O2/c1-3-4-5-17-10(18)7(2)9(12(13,14)15)8(6-16)11(17)19/h2-5H2,1H3. The number of hydrogen-bond donors (Lipinski definition) is 0. The highest BCUT2D eigenvalue weighted by Crippen LogP contribution is 2.37. The van der Waals surface area contributed by atoms with E-state index in [1.807, 2.05) is 0 Å². The number of carbonyl (C=O) groups is 2. The van der Waals surface area contributed by atoms with E-state index in [1.54, 1.807) is 6.92 Å². The fraction of sp³-hybridized carbons (Fsp3) is 0.417. The molecule has 0 spiro atoms. The van der Waals surface area contributed by atoms with Gasteiger partial charge in [-0.3, -0.25) is 14.5 Å². The lowest BCUT2D eigenvalue weighted by atomic mass is 9.94. The summed E-state index contributed by atoms with van der Waals surface area (Å²) in [5, 5.41) is 8.73. The average Bonchev–Trinajstić information content (AvgIpc) is 2.32. The van der Waals surface area contributed by atoms with Crippen molar-refractivity contribution in [3.05, 3.63) is 23.3 Å². The van der Waals surface area contributed by atoms with Gasteiger partial charge in [-0.1, -0.05) is 19.9 Å². The summed E-state index contributed by atoms with van der Waals surface area (Å²) in [6, 6.07) is 1.22. The Kier molecular flexibility index (Phi) is 4.14. The first-order valence-corrected chi connectivity index (χ1v) is 5.52. The lowest BCUT2D eigenvalue weighted by Crippen LogP contribution is -2.45. The molecule has 19 heavy (non-hydrogen) atoms. The number of nitrogens with zero attached hydrogens (tertiary/aromatic N) is 2. The van der Waals surface area contributed by atoms with E-state index in [1.165, 1.54) is 6.07 Å². The van der Waals surface area contributed by atoms with E-state index in [4.69, 9.17) is 5.26 Å². The Hall–Kier alpha value is -2.10. The molecule has 0 aromatic carbocycles. The fourth-order valence-electron chi connectivity index (χ4n) is 1.69. The number of hydrogen-bond acceptors (Lipinski definition) is 3. The van der Waals surface area contributed by atoms with Crippen molar-refractivity contribution in [1.29, 1.82) is 5.26 Å². The van der Waals surface area contributed by atoms with Crippen molar-refractivity contribution in [1.82, 2.24) is 4.90 Å². The van der Waals surface area contributed by atoms with Gasteiger partial charge < -0.3 is 0 Å². The minimum Gasteiger partial charge on any atom is -0.274 e. The molecule has 0 N–H and O–H groups in total. The first-order chi connectivity index (χ1) is 8.75. The monoisotopic (exact) mass is 272 g/mol. The first kappa shape index (κ1) is 15.0. The molecule has 0 saturated heterocycles. The second-order valence-electron chi connectivity index (χ2n) is 3.95. The van der Waals surface area contributed by atoms with Crippen LogP contribution in [0.3, 0.4) is 0 Å². The summed E-state index contributed by atoms with van der Waals surface area (Å²) in [7, 11) is 0. The molecule has 0 atom stereocenters. The van der Waals surface area contributed by atoms with Crippen molar-refractivity contribution >= 4 is 11.8 Å². The van der Waals surface area contributed by atoms with Gasteiger partial charge in [-0.25, -0.2) is 0 Å². The molecule has 0 aromatic rings. The van der Waals surface area contributed by atoms with Gasteiger partial charge in [0.25, 0.3) is 11.8 Å². The summed E-state index contributed by atoms with van der Waals surface area (Å²) in [4.78, 5) is 24.1. The Morgan fingerprint density at radius 2 is 1.89 bits per heavy atom. The predicted octanol–water partition coefficient (Wildman–Crippen LogP) is 2.09. The van der Waals surface area contributed by atoms with Gasteiger partial charge in [-0.15, -0.1) is 0 Å². The van der Waals surface area contributed by atoms with E-state index in [0.717, 1.165) is 0 Å². The number of imide groups is 1. The van der Waals surface area contributed by atoms with Crippen LogP contribution in [0.2, 0.25) is 0 Å². The van der Waals surface area contributed by atoms with E-state index in [-0.39, 0.29) is 6.54 Å². The highest BCUT2D eigenvalue weighted by Gasteiger charge is 2.47. The van der Waals surface area contributed by atoms with E-state index < -0.39 is 34.7 Å². The maximum Gasteiger partial charge on any atom is 0.418 e. The van der Waals surface area contributed by atoms with Crippen molar-refractivity contribution in [3.8, 4) is 6.07 Å². The second kappa shape index (κ2) is 5.26. The van der Waals surface area contributed by atoms with Crippen molar-refractivity contribution in [2.24, 2.45) is 0 Å². The largest absolute Gasteiger partial charge is 0.418 e. The number of unbranched alkanes of at least 4 members (excludes halogenated alkanes) is 1. The lowest BCUT2D eigenvalue weighted by Gasteiger charge is -2.28. The molecule has 2 amide bonds. The number of halogens is 3. The van der Waals surface area contributed by atoms with Crippen LogP contribution in [0.4, 0.5) is 13.2 Å². The normalized spacial score (nSPS) is 17.0. The second-order valence-corrected chi connectivity index (χ2v) is 3.95. The third kappa shape index (κ3) is 2.67. The Labute approximate surface area is 107 Å². The van der Waals surface area contributed by atoms with Crippen LogP contribution in [-0.4, -0.2) is 29.4 Å². The quantitative estimate of drug-likeness (QED) is 0.584. The van der Waals surface area contributed by atoms with Gasteiger partial charge >= 0.3 is 6.18 Å². The molecule has 1 rings (SSSR count). The molecule has 0 aliphatic carbocycles. The Morgan fingerprint density at radius 3 is 2.32 bits per heavy atom. The first-order valence-electron chi connectivity index (χ1n) is 5.52. The third-order valence-electron chi connectivity index (χ3n) is 2.64. The fourth-order valence-corrected chi connectivity index (χ4v) is 1.69. The number of carbonyl (C=O) groups excluding carboxylic acids is 2. The van der Waals surface area contributed by atoms with Crippen LogP contribution in [0, 0.1) is 11.3 Å². The van der Waals surface area contributed by atoms with Gasteiger partial charge in [0.15, 0.2) is 0 Å². The molecular formula is C12H11F3N2O2. The van der Waals surface area contributed by atoms with Crippen LogP contribution < -0.4 is 0 Å². The molecule has 0 bridgehead atoms. The van der Waals surface area contributed by atoms with Crippen molar-refractivity contribution in [2.75, 3.05) is 6.54 Å². The molecule has 0 saturated carbocycles. The summed E-state index contributed by atoms with van der Waals surface area (Å²) < 4.78 is 38.3. The molecule has 7 heteroatoms. The van der Waals surface area contributed by atoms with Crippen molar-refractivity contribution in [3.63, 3.8) is 0 Å². The van der Waals surface area contributed by atoms with Gasteiger partial charge in [0.2, 0.25) is 0 Å². The molecule has 1 aliphatic rings. The highest BCUT2D eigenvalue weighted by atomic mass is 19.4.